The van der Waals surface area contributed by atoms with E-state index < -0.39 is 5.41 Å². The first-order valence-electron chi connectivity index (χ1n) is 8.79. The molecule has 0 spiro atoms. The Morgan fingerprint density at radius 1 is 1.25 bits per heavy atom. The van der Waals surface area contributed by atoms with E-state index in [1.165, 1.54) is 5.56 Å². The second-order valence-electron chi connectivity index (χ2n) is 7.38. The summed E-state index contributed by atoms with van der Waals surface area (Å²) in [5, 5.41) is 9.02. The molecule has 2 amide bonds. The van der Waals surface area contributed by atoms with E-state index in [9.17, 15) is 9.59 Å². The molecule has 1 saturated heterocycles. The van der Waals surface area contributed by atoms with Crippen LogP contribution < -0.4 is 5.48 Å². The van der Waals surface area contributed by atoms with Crippen molar-refractivity contribution in [2.45, 2.75) is 57.4 Å². The van der Waals surface area contributed by atoms with E-state index in [1.807, 2.05) is 43.0 Å². The van der Waals surface area contributed by atoms with Crippen LogP contribution in [0.1, 0.15) is 50.2 Å². The lowest BCUT2D eigenvalue weighted by atomic mass is 9.80. The van der Waals surface area contributed by atoms with Gasteiger partial charge in [0.15, 0.2) is 0 Å². The number of carbonyl (C=O) groups is 2. The molecule has 5 heteroatoms. The number of aryl methyl sites for hydroxylation is 1. The van der Waals surface area contributed by atoms with Crippen molar-refractivity contribution in [3.63, 3.8) is 0 Å². The largest absolute Gasteiger partial charge is 0.338 e. The summed E-state index contributed by atoms with van der Waals surface area (Å²) in [5.41, 5.74) is 3.48. The first-order chi connectivity index (χ1) is 11.5. The molecule has 1 aliphatic carbocycles. The van der Waals surface area contributed by atoms with Crippen LogP contribution in [0.5, 0.6) is 0 Å². The normalized spacial score (nSPS) is 30.5. The summed E-state index contributed by atoms with van der Waals surface area (Å²) < 4.78 is 0. The highest BCUT2D eigenvalue weighted by Crippen LogP contribution is 2.40. The number of nitrogens with one attached hydrogen (secondary N) is 1. The molecule has 1 aliphatic heterocycles. The van der Waals surface area contributed by atoms with Crippen LogP contribution in [0.25, 0.3) is 0 Å². The van der Waals surface area contributed by atoms with E-state index in [1.54, 1.807) is 5.48 Å². The number of hydrogen-bond donors (Lipinski definition) is 2. The zero-order chi connectivity index (χ0) is 17.3. The first kappa shape index (κ1) is 17.0. The summed E-state index contributed by atoms with van der Waals surface area (Å²) >= 11 is 0. The van der Waals surface area contributed by atoms with Gasteiger partial charge in [-0.25, -0.2) is 5.48 Å². The van der Waals surface area contributed by atoms with Gasteiger partial charge in [-0.05, 0) is 38.7 Å². The summed E-state index contributed by atoms with van der Waals surface area (Å²) in [4.78, 5) is 27.1. The predicted octanol–water partition coefficient (Wildman–Crippen LogP) is 2.55. The Hall–Kier alpha value is -1.88. The average Bonchev–Trinajstić information content (AvgIpc) is 2.91. The summed E-state index contributed by atoms with van der Waals surface area (Å²) in [5.74, 6) is -0.571. The smallest absolute Gasteiger partial charge is 0.248 e. The van der Waals surface area contributed by atoms with Crippen LogP contribution >= 0.6 is 0 Å². The quantitative estimate of drug-likeness (QED) is 0.661. The van der Waals surface area contributed by atoms with Crippen LogP contribution in [0.3, 0.4) is 0 Å². The van der Waals surface area contributed by atoms with E-state index in [0.717, 1.165) is 37.7 Å². The molecule has 0 aromatic heterocycles. The minimum Gasteiger partial charge on any atom is -0.338 e. The topological polar surface area (TPSA) is 69.6 Å². The molecule has 3 rings (SSSR count). The van der Waals surface area contributed by atoms with Gasteiger partial charge in [0, 0.05) is 12.6 Å². The van der Waals surface area contributed by atoms with Crippen molar-refractivity contribution in [1.29, 1.82) is 0 Å². The lowest BCUT2D eigenvalue weighted by molar-refractivity contribution is -0.142. The van der Waals surface area contributed by atoms with Crippen molar-refractivity contribution in [2.24, 2.45) is 5.92 Å². The Bertz CT molecular complexity index is 628. The summed E-state index contributed by atoms with van der Waals surface area (Å²) in [7, 11) is 0. The van der Waals surface area contributed by atoms with E-state index in [4.69, 9.17) is 5.21 Å². The van der Waals surface area contributed by atoms with E-state index >= 15 is 0 Å². The SMILES string of the molecule is Cc1ccc(C2(C)CCN(C3CCCCC3C(=O)NO)C2=O)cc1. The minimum absolute atomic E-state index is 0.106. The summed E-state index contributed by atoms with van der Waals surface area (Å²) in [6.45, 7) is 4.71. The van der Waals surface area contributed by atoms with Gasteiger partial charge in [0.25, 0.3) is 0 Å². The highest BCUT2D eigenvalue weighted by molar-refractivity contribution is 5.91. The van der Waals surface area contributed by atoms with Crippen molar-refractivity contribution >= 4 is 11.8 Å². The fourth-order valence-electron chi connectivity index (χ4n) is 4.25. The molecular formula is C19H26N2O3. The van der Waals surface area contributed by atoms with Gasteiger partial charge in [-0.1, -0.05) is 42.7 Å². The van der Waals surface area contributed by atoms with Crippen molar-refractivity contribution in [1.82, 2.24) is 10.4 Å². The van der Waals surface area contributed by atoms with Crippen LogP contribution in [0.4, 0.5) is 0 Å². The lowest BCUT2D eigenvalue weighted by Gasteiger charge is -2.37. The molecule has 2 N–H and O–H groups in total. The summed E-state index contributed by atoms with van der Waals surface area (Å²) in [6, 6.07) is 8.05. The molecule has 0 bridgehead atoms. The molecule has 0 radical (unpaired) electrons. The van der Waals surface area contributed by atoms with Gasteiger partial charge in [-0.3, -0.25) is 14.8 Å². The maximum absolute atomic E-state index is 13.2. The number of amides is 2. The fraction of sp³-hybridized carbons (Fsp3) is 0.579. The molecule has 5 nitrogen and oxygen atoms in total. The number of nitrogens with zero attached hydrogens (tertiary/aromatic N) is 1. The first-order valence-corrected chi connectivity index (χ1v) is 8.79. The lowest BCUT2D eigenvalue weighted by Crippen LogP contribution is -2.50. The zero-order valence-electron chi connectivity index (χ0n) is 14.4. The van der Waals surface area contributed by atoms with Crippen LogP contribution in [-0.2, 0) is 15.0 Å². The number of hydrogen-bond acceptors (Lipinski definition) is 3. The van der Waals surface area contributed by atoms with Gasteiger partial charge in [-0.2, -0.15) is 0 Å². The van der Waals surface area contributed by atoms with Gasteiger partial charge in [-0.15, -0.1) is 0 Å². The predicted molar refractivity (Wildman–Crippen MR) is 90.5 cm³/mol. The van der Waals surface area contributed by atoms with Crippen molar-refractivity contribution in [3.8, 4) is 0 Å². The Morgan fingerprint density at radius 3 is 2.58 bits per heavy atom. The van der Waals surface area contributed by atoms with Crippen LogP contribution in [0.2, 0.25) is 0 Å². The molecule has 3 unspecified atom stereocenters. The molecule has 3 atom stereocenters. The minimum atomic E-state index is -0.522. The molecule has 24 heavy (non-hydrogen) atoms. The molecule has 1 heterocycles. The van der Waals surface area contributed by atoms with Crippen LogP contribution in [-0.4, -0.2) is 34.5 Å². The van der Waals surface area contributed by atoms with Crippen molar-refractivity contribution < 1.29 is 14.8 Å². The van der Waals surface area contributed by atoms with Gasteiger partial charge in [0.05, 0.1) is 11.3 Å². The molecular weight excluding hydrogens is 304 g/mol. The van der Waals surface area contributed by atoms with E-state index in [0.29, 0.717) is 6.54 Å². The maximum Gasteiger partial charge on any atom is 0.248 e. The number of hydroxylamine groups is 1. The second kappa shape index (κ2) is 6.55. The van der Waals surface area contributed by atoms with Crippen molar-refractivity contribution in [2.75, 3.05) is 6.54 Å². The third-order valence-electron chi connectivity index (χ3n) is 5.85. The van der Waals surface area contributed by atoms with Crippen molar-refractivity contribution in [3.05, 3.63) is 35.4 Å². The maximum atomic E-state index is 13.2. The Labute approximate surface area is 143 Å². The monoisotopic (exact) mass is 330 g/mol. The third kappa shape index (κ3) is 2.81. The number of carbonyl (C=O) groups excluding carboxylic acids is 2. The van der Waals surface area contributed by atoms with E-state index in [-0.39, 0.29) is 23.8 Å². The summed E-state index contributed by atoms with van der Waals surface area (Å²) in [6.07, 6.45) is 4.30. The molecule has 1 saturated carbocycles. The van der Waals surface area contributed by atoms with Crippen LogP contribution in [0.15, 0.2) is 24.3 Å². The number of likely N-dealkylation sites (tertiary alicyclic amines) is 1. The van der Waals surface area contributed by atoms with E-state index in [2.05, 4.69) is 0 Å². The molecule has 2 aliphatic rings. The second-order valence-corrected chi connectivity index (χ2v) is 7.38. The number of benzene rings is 1. The molecule has 1 aromatic rings. The standard InChI is InChI=1S/C19H26N2O3/c1-13-7-9-14(10-8-13)19(2)11-12-21(18(19)23)16-6-4-3-5-15(16)17(22)20-24/h7-10,15-16,24H,3-6,11-12H2,1-2H3,(H,20,22). The highest BCUT2D eigenvalue weighted by atomic mass is 16.5. The van der Waals surface area contributed by atoms with Crippen LogP contribution in [0, 0.1) is 12.8 Å². The van der Waals surface area contributed by atoms with Gasteiger partial charge >= 0.3 is 0 Å². The van der Waals surface area contributed by atoms with Gasteiger partial charge in [0.1, 0.15) is 0 Å². The van der Waals surface area contributed by atoms with Gasteiger partial charge < -0.3 is 4.90 Å². The Balaban J connectivity index is 1.84. The number of rotatable bonds is 3. The van der Waals surface area contributed by atoms with Gasteiger partial charge in [0.2, 0.25) is 11.8 Å². The fourth-order valence-corrected chi connectivity index (χ4v) is 4.25. The zero-order valence-corrected chi connectivity index (χ0v) is 14.4. The third-order valence-corrected chi connectivity index (χ3v) is 5.85. The highest BCUT2D eigenvalue weighted by Gasteiger charge is 2.48. The molecule has 130 valence electrons. The Kier molecular flexibility index (Phi) is 4.63. The molecule has 1 aromatic carbocycles. The Morgan fingerprint density at radius 2 is 1.92 bits per heavy atom. The molecule has 2 fully saturated rings. The average molecular weight is 330 g/mol.